The summed E-state index contributed by atoms with van der Waals surface area (Å²) in [5.41, 5.74) is 5.95. The average Bonchev–Trinajstić information content (AvgIpc) is 2.30. The highest BCUT2D eigenvalue weighted by molar-refractivity contribution is 7.80. The summed E-state index contributed by atoms with van der Waals surface area (Å²) in [6, 6.07) is 4.83. The van der Waals surface area contributed by atoms with Crippen molar-refractivity contribution in [1.82, 2.24) is 4.90 Å². The number of likely N-dealkylation sites (tertiary alicyclic amines) is 1. The standard InChI is InChI=1S/C14H19FN2OS/c1-14(18)5-2-6-17(9-14)8-11-4-3-10(13(16)19)7-12(11)15/h3-4,7,18H,2,5-6,8-9H2,1H3,(H2,16,19). The monoisotopic (exact) mass is 282 g/mol. The Labute approximate surface area is 118 Å². The molecule has 1 aliphatic heterocycles. The minimum absolute atomic E-state index is 0.200. The van der Waals surface area contributed by atoms with E-state index < -0.39 is 5.60 Å². The Morgan fingerprint density at radius 3 is 2.89 bits per heavy atom. The lowest BCUT2D eigenvalue weighted by Crippen LogP contribution is -2.45. The van der Waals surface area contributed by atoms with Gasteiger partial charge in [-0.2, -0.15) is 0 Å². The number of hydrogen-bond acceptors (Lipinski definition) is 3. The molecular weight excluding hydrogens is 263 g/mol. The number of β-amino-alcohol motifs (C(OH)–C–C–N with tert-alkyl or cyclic N) is 1. The second-order valence-electron chi connectivity index (χ2n) is 5.48. The van der Waals surface area contributed by atoms with E-state index in [2.05, 4.69) is 4.90 Å². The number of piperidine rings is 1. The fraction of sp³-hybridized carbons (Fsp3) is 0.500. The van der Waals surface area contributed by atoms with Gasteiger partial charge in [-0.05, 0) is 32.4 Å². The largest absolute Gasteiger partial charge is 0.389 e. The Hall–Kier alpha value is -1.04. The SMILES string of the molecule is CC1(O)CCCN(Cc2ccc(C(N)=S)cc2F)C1. The van der Waals surface area contributed by atoms with Gasteiger partial charge < -0.3 is 10.8 Å². The molecule has 1 unspecified atom stereocenters. The second kappa shape index (κ2) is 5.53. The van der Waals surface area contributed by atoms with Crippen LogP contribution in [0.5, 0.6) is 0 Å². The average molecular weight is 282 g/mol. The first-order valence-corrected chi connectivity index (χ1v) is 6.81. The van der Waals surface area contributed by atoms with Crippen LogP contribution in [0, 0.1) is 5.82 Å². The minimum Gasteiger partial charge on any atom is -0.389 e. The molecule has 3 nitrogen and oxygen atoms in total. The molecule has 0 aliphatic carbocycles. The molecule has 19 heavy (non-hydrogen) atoms. The Kier molecular flexibility index (Phi) is 4.18. The van der Waals surface area contributed by atoms with E-state index >= 15 is 0 Å². The fourth-order valence-corrected chi connectivity index (χ4v) is 2.65. The number of rotatable bonds is 3. The van der Waals surface area contributed by atoms with Crippen molar-refractivity contribution in [1.29, 1.82) is 0 Å². The van der Waals surface area contributed by atoms with Crippen LogP contribution in [0.3, 0.4) is 0 Å². The molecule has 1 aromatic carbocycles. The highest BCUT2D eigenvalue weighted by atomic mass is 32.1. The van der Waals surface area contributed by atoms with Gasteiger partial charge in [0.2, 0.25) is 0 Å². The summed E-state index contributed by atoms with van der Waals surface area (Å²) in [7, 11) is 0. The molecule has 0 radical (unpaired) electrons. The van der Waals surface area contributed by atoms with E-state index in [1.54, 1.807) is 12.1 Å². The van der Waals surface area contributed by atoms with E-state index in [4.69, 9.17) is 18.0 Å². The number of nitrogens with zero attached hydrogens (tertiary/aromatic N) is 1. The van der Waals surface area contributed by atoms with E-state index in [0.717, 1.165) is 19.4 Å². The predicted octanol–water partition coefficient (Wildman–Crippen LogP) is 1.81. The quantitative estimate of drug-likeness (QED) is 0.830. The van der Waals surface area contributed by atoms with Crippen molar-refractivity contribution in [2.45, 2.75) is 31.9 Å². The van der Waals surface area contributed by atoms with Crippen molar-refractivity contribution in [3.8, 4) is 0 Å². The lowest BCUT2D eigenvalue weighted by atomic mass is 9.95. The van der Waals surface area contributed by atoms with Gasteiger partial charge in [-0.25, -0.2) is 4.39 Å². The Balaban J connectivity index is 2.09. The van der Waals surface area contributed by atoms with Crippen LogP contribution in [-0.4, -0.2) is 33.7 Å². The molecule has 1 aromatic rings. The van der Waals surface area contributed by atoms with Gasteiger partial charge in [0.15, 0.2) is 0 Å². The van der Waals surface area contributed by atoms with Gasteiger partial charge in [-0.3, -0.25) is 4.90 Å². The van der Waals surface area contributed by atoms with E-state index in [0.29, 0.717) is 24.2 Å². The zero-order chi connectivity index (χ0) is 14.0. The van der Waals surface area contributed by atoms with Gasteiger partial charge in [0, 0.05) is 24.2 Å². The second-order valence-corrected chi connectivity index (χ2v) is 5.92. The fourth-order valence-electron chi connectivity index (χ4n) is 2.53. The van der Waals surface area contributed by atoms with Gasteiger partial charge in [-0.15, -0.1) is 0 Å². The van der Waals surface area contributed by atoms with E-state index in [1.807, 2.05) is 6.92 Å². The number of thiocarbonyl (C=S) groups is 1. The highest BCUT2D eigenvalue weighted by Gasteiger charge is 2.28. The zero-order valence-electron chi connectivity index (χ0n) is 11.0. The molecule has 1 aliphatic rings. The third-order valence-corrected chi connectivity index (χ3v) is 3.72. The summed E-state index contributed by atoms with van der Waals surface area (Å²) < 4.78 is 14.0. The number of aliphatic hydroxyl groups is 1. The third-order valence-electron chi connectivity index (χ3n) is 3.49. The molecule has 1 heterocycles. The van der Waals surface area contributed by atoms with Gasteiger partial charge in [-0.1, -0.05) is 24.4 Å². The van der Waals surface area contributed by atoms with Crippen molar-refractivity contribution >= 4 is 17.2 Å². The summed E-state index contributed by atoms with van der Waals surface area (Å²) in [5, 5.41) is 10.0. The van der Waals surface area contributed by atoms with E-state index in [9.17, 15) is 9.50 Å². The van der Waals surface area contributed by atoms with Crippen molar-refractivity contribution < 1.29 is 9.50 Å². The molecule has 1 saturated heterocycles. The van der Waals surface area contributed by atoms with E-state index in [-0.39, 0.29) is 10.8 Å². The van der Waals surface area contributed by atoms with Crippen LogP contribution in [0.25, 0.3) is 0 Å². The van der Waals surface area contributed by atoms with Crippen LogP contribution in [0.1, 0.15) is 30.9 Å². The number of benzene rings is 1. The number of nitrogens with two attached hydrogens (primary N) is 1. The smallest absolute Gasteiger partial charge is 0.128 e. The van der Waals surface area contributed by atoms with Crippen LogP contribution in [0.15, 0.2) is 18.2 Å². The van der Waals surface area contributed by atoms with Crippen LogP contribution in [0.2, 0.25) is 0 Å². The number of hydrogen-bond donors (Lipinski definition) is 2. The van der Waals surface area contributed by atoms with Gasteiger partial charge >= 0.3 is 0 Å². The molecule has 0 aromatic heterocycles. The summed E-state index contributed by atoms with van der Waals surface area (Å²) in [4.78, 5) is 2.27. The van der Waals surface area contributed by atoms with Gasteiger partial charge in [0.05, 0.1) is 5.60 Å². The predicted molar refractivity (Wildman–Crippen MR) is 77.4 cm³/mol. The van der Waals surface area contributed by atoms with Crippen LogP contribution in [0.4, 0.5) is 4.39 Å². The van der Waals surface area contributed by atoms with E-state index in [1.165, 1.54) is 6.07 Å². The van der Waals surface area contributed by atoms with Crippen LogP contribution >= 0.6 is 12.2 Å². The maximum atomic E-state index is 14.0. The van der Waals surface area contributed by atoms with Crippen LogP contribution in [-0.2, 0) is 6.54 Å². The summed E-state index contributed by atoms with van der Waals surface area (Å²) in [6.07, 6.45) is 1.73. The first-order chi connectivity index (χ1) is 8.87. The highest BCUT2D eigenvalue weighted by Crippen LogP contribution is 2.22. The maximum Gasteiger partial charge on any atom is 0.128 e. The zero-order valence-corrected chi connectivity index (χ0v) is 11.8. The Bertz CT molecular complexity index is 490. The molecule has 2 rings (SSSR count). The first kappa shape index (κ1) is 14.4. The molecule has 0 saturated carbocycles. The Morgan fingerprint density at radius 2 is 2.32 bits per heavy atom. The number of halogens is 1. The molecule has 0 spiro atoms. The molecule has 0 bridgehead atoms. The normalized spacial score (nSPS) is 24.4. The topological polar surface area (TPSA) is 49.5 Å². The lowest BCUT2D eigenvalue weighted by Gasteiger charge is -2.36. The molecular formula is C14H19FN2OS. The lowest BCUT2D eigenvalue weighted by molar-refractivity contribution is -0.0184. The van der Waals surface area contributed by atoms with Crippen molar-refractivity contribution in [2.75, 3.05) is 13.1 Å². The van der Waals surface area contributed by atoms with Gasteiger partial charge in [0.25, 0.3) is 0 Å². The Morgan fingerprint density at radius 1 is 1.58 bits per heavy atom. The minimum atomic E-state index is -0.673. The molecule has 0 amide bonds. The first-order valence-electron chi connectivity index (χ1n) is 6.40. The summed E-state index contributed by atoms with van der Waals surface area (Å²) in [5.74, 6) is -0.296. The summed E-state index contributed by atoms with van der Waals surface area (Å²) >= 11 is 4.82. The molecule has 1 atom stereocenters. The van der Waals surface area contributed by atoms with Crippen LogP contribution < -0.4 is 5.73 Å². The van der Waals surface area contributed by atoms with Gasteiger partial charge in [0.1, 0.15) is 10.8 Å². The van der Waals surface area contributed by atoms with Crippen molar-refractivity contribution in [3.63, 3.8) is 0 Å². The molecule has 3 N–H and O–H groups in total. The maximum absolute atomic E-state index is 14.0. The molecule has 5 heteroatoms. The third kappa shape index (κ3) is 3.72. The van der Waals surface area contributed by atoms with Crippen molar-refractivity contribution in [3.05, 3.63) is 35.1 Å². The molecule has 1 fully saturated rings. The van der Waals surface area contributed by atoms with Crippen molar-refractivity contribution in [2.24, 2.45) is 5.73 Å². The molecule has 104 valence electrons. The summed E-state index contributed by atoms with van der Waals surface area (Å²) in [6.45, 7) is 3.78.